The van der Waals surface area contributed by atoms with Crippen molar-refractivity contribution in [1.82, 2.24) is 5.32 Å². The third kappa shape index (κ3) is 2.74. The van der Waals surface area contributed by atoms with E-state index in [1.54, 1.807) is 18.2 Å². The molecule has 86 valence electrons. The Morgan fingerprint density at radius 2 is 2.19 bits per heavy atom. The molecule has 3 nitrogen and oxygen atoms in total. The van der Waals surface area contributed by atoms with Gasteiger partial charge in [0.2, 0.25) is 0 Å². The van der Waals surface area contributed by atoms with E-state index in [1.807, 2.05) is 6.07 Å². The van der Waals surface area contributed by atoms with Crippen LogP contribution in [-0.2, 0) is 4.79 Å². The lowest BCUT2D eigenvalue weighted by molar-refractivity contribution is -0.138. The average Bonchev–Trinajstić information content (AvgIpc) is 3.04. The Hall–Kier alpha value is -1.06. The summed E-state index contributed by atoms with van der Waals surface area (Å²) in [6.45, 7) is 0.448. The number of benzene rings is 1. The van der Waals surface area contributed by atoms with Crippen molar-refractivity contribution in [2.75, 3.05) is 6.54 Å². The normalized spacial score (nSPS) is 17.1. The molecule has 4 heteroatoms. The molecule has 16 heavy (non-hydrogen) atoms. The highest BCUT2D eigenvalue weighted by Gasteiger charge is 2.26. The average molecular weight is 240 g/mol. The van der Waals surface area contributed by atoms with Crippen molar-refractivity contribution in [1.29, 1.82) is 0 Å². The van der Waals surface area contributed by atoms with Crippen LogP contribution in [0.2, 0.25) is 5.02 Å². The summed E-state index contributed by atoms with van der Waals surface area (Å²) in [5, 5.41) is 12.9. The summed E-state index contributed by atoms with van der Waals surface area (Å²) in [5.41, 5.74) is 0.685. The van der Waals surface area contributed by atoms with E-state index in [0.717, 1.165) is 12.8 Å². The molecule has 1 aliphatic rings. The second-order valence-corrected chi connectivity index (χ2v) is 4.50. The molecule has 0 saturated heterocycles. The van der Waals surface area contributed by atoms with Crippen LogP contribution in [0.4, 0.5) is 0 Å². The van der Waals surface area contributed by atoms with Crippen LogP contribution in [0.15, 0.2) is 24.3 Å². The van der Waals surface area contributed by atoms with Gasteiger partial charge in [-0.25, -0.2) is 0 Å². The molecule has 0 radical (unpaired) electrons. The van der Waals surface area contributed by atoms with Gasteiger partial charge in [-0.05, 0) is 24.5 Å². The number of carboxylic acid groups (broad SMARTS) is 1. The van der Waals surface area contributed by atoms with Crippen molar-refractivity contribution in [2.45, 2.75) is 24.8 Å². The zero-order valence-corrected chi connectivity index (χ0v) is 9.57. The number of hydrogen-bond acceptors (Lipinski definition) is 2. The SMILES string of the molecule is O=C(O)C(CNC1CC1)c1ccccc1Cl. The fourth-order valence-electron chi connectivity index (χ4n) is 1.66. The smallest absolute Gasteiger partial charge is 0.312 e. The summed E-state index contributed by atoms with van der Waals surface area (Å²) >= 11 is 6.00. The lowest BCUT2D eigenvalue weighted by Crippen LogP contribution is -2.28. The van der Waals surface area contributed by atoms with Crippen LogP contribution < -0.4 is 5.32 Å². The summed E-state index contributed by atoms with van der Waals surface area (Å²) < 4.78 is 0. The van der Waals surface area contributed by atoms with E-state index >= 15 is 0 Å². The lowest BCUT2D eigenvalue weighted by atomic mass is 9.99. The van der Waals surface area contributed by atoms with Gasteiger partial charge in [-0.1, -0.05) is 29.8 Å². The first kappa shape index (κ1) is 11.4. The monoisotopic (exact) mass is 239 g/mol. The highest BCUT2D eigenvalue weighted by molar-refractivity contribution is 6.31. The van der Waals surface area contributed by atoms with E-state index < -0.39 is 11.9 Å². The van der Waals surface area contributed by atoms with Crippen LogP contribution >= 0.6 is 11.6 Å². The fourth-order valence-corrected chi connectivity index (χ4v) is 1.93. The van der Waals surface area contributed by atoms with E-state index in [0.29, 0.717) is 23.2 Å². The molecule has 0 amide bonds. The molecule has 0 bridgehead atoms. The van der Waals surface area contributed by atoms with Gasteiger partial charge in [0, 0.05) is 17.6 Å². The summed E-state index contributed by atoms with van der Waals surface area (Å²) in [7, 11) is 0. The van der Waals surface area contributed by atoms with Crippen LogP contribution in [0.3, 0.4) is 0 Å². The van der Waals surface area contributed by atoms with Gasteiger partial charge in [0.15, 0.2) is 0 Å². The van der Waals surface area contributed by atoms with Gasteiger partial charge in [-0.15, -0.1) is 0 Å². The van der Waals surface area contributed by atoms with Gasteiger partial charge in [-0.3, -0.25) is 4.79 Å². The molecule has 2 N–H and O–H groups in total. The molecule has 0 spiro atoms. The maximum absolute atomic E-state index is 11.2. The van der Waals surface area contributed by atoms with Crippen LogP contribution in [0, 0.1) is 0 Å². The van der Waals surface area contributed by atoms with Crippen molar-refractivity contribution in [3.05, 3.63) is 34.9 Å². The zero-order chi connectivity index (χ0) is 11.5. The van der Waals surface area contributed by atoms with Gasteiger partial charge in [0.25, 0.3) is 0 Å². The quantitative estimate of drug-likeness (QED) is 0.829. The first-order valence-electron chi connectivity index (χ1n) is 5.39. The molecule has 1 aliphatic carbocycles. The van der Waals surface area contributed by atoms with E-state index in [9.17, 15) is 9.90 Å². The Balaban J connectivity index is 2.11. The largest absolute Gasteiger partial charge is 0.481 e. The number of nitrogens with one attached hydrogen (secondary N) is 1. The molecular weight excluding hydrogens is 226 g/mol. The van der Waals surface area contributed by atoms with E-state index in [4.69, 9.17) is 11.6 Å². The molecule has 1 fully saturated rings. The van der Waals surface area contributed by atoms with E-state index in [1.165, 1.54) is 0 Å². The van der Waals surface area contributed by atoms with Gasteiger partial charge in [0.05, 0.1) is 5.92 Å². The second kappa shape index (κ2) is 4.85. The summed E-state index contributed by atoms with van der Waals surface area (Å²) in [6.07, 6.45) is 2.30. The molecule has 0 aromatic heterocycles. The fraction of sp³-hybridized carbons (Fsp3) is 0.417. The third-order valence-electron chi connectivity index (χ3n) is 2.77. The topological polar surface area (TPSA) is 49.3 Å². The Morgan fingerprint density at radius 1 is 1.50 bits per heavy atom. The van der Waals surface area contributed by atoms with Crippen molar-refractivity contribution in [3.63, 3.8) is 0 Å². The van der Waals surface area contributed by atoms with Crippen molar-refractivity contribution >= 4 is 17.6 Å². The van der Waals surface area contributed by atoms with Crippen LogP contribution in [0.25, 0.3) is 0 Å². The number of hydrogen-bond donors (Lipinski definition) is 2. The Bertz CT molecular complexity index is 390. The molecule has 1 aromatic rings. The van der Waals surface area contributed by atoms with E-state index in [2.05, 4.69) is 5.32 Å². The first-order chi connectivity index (χ1) is 7.68. The number of carbonyl (C=O) groups is 1. The predicted octanol–water partition coefficient (Wildman–Crippen LogP) is 2.26. The number of aliphatic carboxylic acids is 1. The maximum Gasteiger partial charge on any atom is 0.312 e. The molecular formula is C12H14ClNO2. The predicted molar refractivity (Wildman–Crippen MR) is 62.9 cm³/mol. The Labute approximate surface area is 99.4 Å². The van der Waals surface area contributed by atoms with Crippen molar-refractivity contribution in [3.8, 4) is 0 Å². The van der Waals surface area contributed by atoms with Crippen LogP contribution in [0.1, 0.15) is 24.3 Å². The molecule has 1 aromatic carbocycles. The third-order valence-corrected chi connectivity index (χ3v) is 3.11. The van der Waals surface area contributed by atoms with Gasteiger partial charge in [0.1, 0.15) is 0 Å². The maximum atomic E-state index is 11.2. The summed E-state index contributed by atoms with van der Waals surface area (Å²) in [5.74, 6) is -1.39. The van der Waals surface area contributed by atoms with Gasteiger partial charge >= 0.3 is 5.97 Å². The molecule has 0 aliphatic heterocycles. The highest BCUT2D eigenvalue weighted by atomic mass is 35.5. The van der Waals surface area contributed by atoms with Crippen LogP contribution in [-0.4, -0.2) is 23.7 Å². The molecule has 2 rings (SSSR count). The number of carboxylic acids is 1. The molecule has 1 atom stereocenters. The minimum atomic E-state index is -0.832. The zero-order valence-electron chi connectivity index (χ0n) is 8.82. The Kier molecular flexibility index (Phi) is 3.46. The standard InChI is InChI=1S/C12H14ClNO2/c13-11-4-2-1-3-9(11)10(12(15)16)7-14-8-5-6-8/h1-4,8,10,14H,5-7H2,(H,15,16). The summed E-state index contributed by atoms with van der Waals surface area (Å²) in [6, 6.07) is 7.62. The Morgan fingerprint density at radius 3 is 2.75 bits per heavy atom. The molecule has 0 heterocycles. The second-order valence-electron chi connectivity index (χ2n) is 4.09. The van der Waals surface area contributed by atoms with E-state index in [-0.39, 0.29) is 0 Å². The van der Waals surface area contributed by atoms with Crippen molar-refractivity contribution < 1.29 is 9.90 Å². The van der Waals surface area contributed by atoms with Crippen molar-refractivity contribution in [2.24, 2.45) is 0 Å². The minimum Gasteiger partial charge on any atom is -0.481 e. The molecule has 1 unspecified atom stereocenters. The van der Waals surface area contributed by atoms with Crippen LogP contribution in [0.5, 0.6) is 0 Å². The summed E-state index contributed by atoms with van der Waals surface area (Å²) in [4.78, 5) is 11.2. The number of rotatable bonds is 5. The highest BCUT2D eigenvalue weighted by Crippen LogP contribution is 2.26. The minimum absolute atomic E-state index is 0.448. The molecule has 1 saturated carbocycles. The number of halogens is 1. The lowest BCUT2D eigenvalue weighted by Gasteiger charge is -2.14. The van der Waals surface area contributed by atoms with Gasteiger partial charge < -0.3 is 10.4 Å². The van der Waals surface area contributed by atoms with Gasteiger partial charge in [-0.2, -0.15) is 0 Å². The first-order valence-corrected chi connectivity index (χ1v) is 5.77.